The summed E-state index contributed by atoms with van der Waals surface area (Å²) >= 11 is 0. The molecule has 0 aromatic carbocycles. The second kappa shape index (κ2) is 8.05. The minimum atomic E-state index is 0.147. The summed E-state index contributed by atoms with van der Waals surface area (Å²) in [6.45, 7) is 6.82. The molecule has 3 aliphatic rings. The van der Waals surface area contributed by atoms with Crippen molar-refractivity contribution in [2.75, 3.05) is 26.2 Å². The summed E-state index contributed by atoms with van der Waals surface area (Å²) in [5.41, 5.74) is 0. The Balaban J connectivity index is 1.27. The third-order valence-corrected chi connectivity index (χ3v) is 6.32. The maximum atomic E-state index is 12.5. The zero-order valence-electron chi connectivity index (χ0n) is 15.8. The number of piperidine rings is 1. The van der Waals surface area contributed by atoms with Crippen molar-refractivity contribution in [2.24, 2.45) is 5.92 Å². The monoisotopic (exact) mass is 361 g/mol. The predicted molar refractivity (Wildman–Crippen MR) is 97.7 cm³/mol. The van der Waals surface area contributed by atoms with E-state index in [9.17, 15) is 4.79 Å². The van der Waals surface area contributed by atoms with E-state index in [-0.39, 0.29) is 18.6 Å². The van der Waals surface area contributed by atoms with Gasteiger partial charge in [0.15, 0.2) is 0 Å². The Morgan fingerprint density at radius 3 is 2.77 bits per heavy atom. The molecule has 2 atom stereocenters. The summed E-state index contributed by atoms with van der Waals surface area (Å²) in [5.74, 6) is 3.29. The smallest absolute Gasteiger partial charge is 0.248 e. The van der Waals surface area contributed by atoms with Gasteiger partial charge in [-0.15, -0.1) is 10.2 Å². The third-order valence-electron chi connectivity index (χ3n) is 6.32. The standard InChI is InChI=1S/C19H31N5O2/c1-14-4-2-3-5-16(14)26-13-18(25)23-9-6-15(7-10-23)19-22-21-17-12-20-8-11-24(17)19/h14-16,20H,2-13H2,1H3. The number of fused-ring (bicyclic) bond motifs is 1. The lowest BCUT2D eigenvalue weighted by Crippen LogP contribution is -2.41. The van der Waals surface area contributed by atoms with Crippen LogP contribution in [-0.2, 0) is 22.6 Å². The summed E-state index contributed by atoms with van der Waals surface area (Å²) in [4.78, 5) is 14.5. The van der Waals surface area contributed by atoms with Gasteiger partial charge in [-0.25, -0.2) is 0 Å². The molecule has 0 spiro atoms. The minimum absolute atomic E-state index is 0.147. The van der Waals surface area contributed by atoms with Gasteiger partial charge in [0.1, 0.15) is 18.3 Å². The highest BCUT2D eigenvalue weighted by molar-refractivity contribution is 5.77. The predicted octanol–water partition coefficient (Wildman–Crippen LogP) is 1.68. The van der Waals surface area contributed by atoms with Gasteiger partial charge in [0, 0.05) is 32.1 Å². The van der Waals surface area contributed by atoms with Gasteiger partial charge in [0.05, 0.1) is 12.6 Å². The van der Waals surface area contributed by atoms with Crippen LogP contribution in [-0.4, -0.2) is 57.9 Å². The molecular weight excluding hydrogens is 330 g/mol. The lowest BCUT2D eigenvalue weighted by atomic mass is 9.88. The van der Waals surface area contributed by atoms with Gasteiger partial charge in [0.2, 0.25) is 5.91 Å². The average Bonchev–Trinajstić information content (AvgIpc) is 3.11. The first-order valence-electron chi connectivity index (χ1n) is 10.2. The van der Waals surface area contributed by atoms with Crippen LogP contribution in [0.4, 0.5) is 0 Å². The van der Waals surface area contributed by atoms with Crippen LogP contribution < -0.4 is 5.32 Å². The van der Waals surface area contributed by atoms with Gasteiger partial charge in [-0.05, 0) is 31.6 Å². The number of nitrogens with one attached hydrogen (secondary N) is 1. The summed E-state index contributed by atoms with van der Waals surface area (Å²) in [6.07, 6.45) is 7.05. The van der Waals surface area contributed by atoms with Crippen molar-refractivity contribution in [1.29, 1.82) is 0 Å². The fourth-order valence-electron chi connectivity index (χ4n) is 4.60. The van der Waals surface area contributed by atoms with Crippen LogP contribution in [0.1, 0.15) is 63.0 Å². The van der Waals surface area contributed by atoms with E-state index in [0.717, 1.165) is 63.6 Å². The Bertz CT molecular complexity index is 623. The Morgan fingerprint density at radius 1 is 1.15 bits per heavy atom. The third kappa shape index (κ3) is 3.78. The number of carbonyl (C=O) groups excluding carboxylic acids is 1. The summed E-state index contributed by atoms with van der Waals surface area (Å²) in [7, 11) is 0. The molecule has 7 nitrogen and oxygen atoms in total. The summed E-state index contributed by atoms with van der Waals surface area (Å²) < 4.78 is 8.23. The van der Waals surface area contributed by atoms with Gasteiger partial charge in [0.25, 0.3) is 0 Å². The molecule has 0 radical (unpaired) electrons. The highest BCUT2D eigenvalue weighted by Gasteiger charge is 2.29. The number of carbonyl (C=O) groups is 1. The number of ether oxygens (including phenoxy) is 1. The zero-order valence-corrected chi connectivity index (χ0v) is 15.8. The molecule has 1 saturated heterocycles. The Kier molecular flexibility index (Phi) is 5.55. The normalized spacial score (nSPS) is 27.3. The second-order valence-electron chi connectivity index (χ2n) is 8.07. The van der Waals surface area contributed by atoms with Gasteiger partial charge in [-0.3, -0.25) is 4.79 Å². The molecule has 2 unspecified atom stereocenters. The molecule has 26 heavy (non-hydrogen) atoms. The lowest BCUT2D eigenvalue weighted by Gasteiger charge is -2.33. The molecule has 1 saturated carbocycles. The molecule has 2 aliphatic heterocycles. The van der Waals surface area contributed by atoms with Crippen molar-refractivity contribution in [2.45, 2.75) is 70.6 Å². The lowest BCUT2D eigenvalue weighted by molar-refractivity contribution is -0.141. The van der Waals surface area contributed by atoms with Crippen molar-refractivity contribution in [3.8, 4) is 0 Å². The molecule has 0 bridgehead atoms. The molecule has 144 valence electrons. The molecule has 1 aromatic rings. The maximum absolute atomic E-state index is 12.5. The largest absolute Gasteiger partial charge is 0.368 e. The highest BCUT2D eigenvalue weighted by atomic mass is 16.5. The number of nitrogens with zero attached hydrogens (tertiary/aromatic N) is 4. The Labute approximate surface area is 155 Å². The molecule has 4 rings (SSSR count). The van der Waals surface area contributed by atoms with E-state index in [0.29, 0.717) is 11.8 Å². The number of likely N-dealkylation sites (tertiary alicyclic amines) is 1. The quantitative estimate of drug-likeness (QED) is 0.883. The minimum Gasteiger partial charge on any atom is -0.368 e. The Hall–Kier alpha value is -1.47. The van der Waals surface area contributed by atoms with E-state index in [1.165, 1.54) is 19.3 Å². The van der Waals surface area contributed by atoms with Crippen molar-refractivity contribution in [3.05, 3.63) is 11.6 Å². The SMILES string of the molecule is CC1CCCCC1OCC(=O)N1CCC(c2nnc3n2CCNC3)CC1. The topological polar surface area (TPSA) is 72.3 Å². The first kappa shape index (κ1) is 17.9. The van der Waals surface area contributed by atoms with Gasteiger partial charge >= 0.3 is 0 Å². The number of hydrogen-bond acceptors (Lipinski definition) is 5. The number of amides is 1. The summed E-state index contributed by atoms with van der Waals surface area (Å²) in [6, 6.07) is 0. The fraction of sp³-hybridized carbons (Fsp3) is 0.842. The molecule has 1 amide bonds. The second-order valence-corrected chi connectivity index (χ2v) is 8.07. The van der Waals surface area contributed by atoms with Crippen molar-refractivity contribution < 1.29 is 9.53 Å². The summed E-state index contributed by atoms with van der Waals surface area (Å²) in [5, 5.41) is 12.1. The zero-order chi connectivity index (χ0) is 17.9. The van der Waals surface area contributed by atoms with Crippen molar-refractivity contribution in [3.63, 3.8) is 0 Å². The molecular formula is C19H31N5O2. The van der Waals surface area contributed by atoms with E-state index in [1.807, 2.05) is 4.90 Å². The molecule has 7 heteroatoms. The van der Waals surface area contributed by atoms with Crippen LogP contribution in [0.25, 0.3) is 0 Å². The highest BCUT2D eigenvalue weighted by Crippen LogP contribution is 2.29. The molecule has 1 aliphatic carbocycles. The van der Waals surface area contributed by atoms with E-state index in [4.69, 9.17) is 4.74 Å². The fourth-order valence-corrected chi connectivity index (χ4v) is 4.60. The van der Waals surface area contributed by atoms with Gasteiger partial charge < -0.3 is 19.5 Å². The van der Waals surface area contributed by atoms with E-state index >= 15 is 0 Å². The first-order valence-corrected chi connectivity index (χ1v) is 10.2. The van der Waals surface area contributed by atoms with Crippen LogP contribution in [0, 0.1) is 5.92 Å². The molecule has 3 heterocycles. The average molecular weight is 361 g/mol. The number of rotatable bonds is 4. The van der Waals surface area contributed by atoms with Crippen LogP contribution >= 0.6 is 0 Å². The van der Waals surface area contributed by atoms with E-state index < -0.39 is 0 Å². The van der Waals surface area contributed by atoms with Gasteiger partial charge in [-0.1, -0.05) is 19.8 Å². The van der Waals surface area contributed by atoms with Crippen molar-refractivity contribution >= 4 is 5.91 Å². The van der Waals surface area contributed by atoms with Gasteiger partial charge in [-0.2, -0.15) is 0 Å². The molecule has 1 N–H and O–H groups in total. The Morgan fingerprint density at radius 2 is 1.96 bits per heavy atom. The van der Waals surface area contributed by atoms with Crippen LogP contribution in [0.3, 0.4) is 0 Å². The van der Waals surface area contributed by atoms with E-state index in [2.05, 4.69) is 27.0 Å². The van der Waals surface area contributed by atoms with E-state index in [1.54, 1.807) is 0 Å². The number of hydrogen-bond donors (Lipinski definition) is 1. The first-order chi connectivity index (χ1) is 12.7. The maximum Gasteiger partial charge on any atom is 0.248 e. The number of aromatic nitrogens is 3. The van der Waals surface area contributed by atoms with Crippen LogP contribution in [0.5, 0.6) is 0 Å². The van der Waals surface area contributed by atoms with Crippen molar-refractivity contribution in [1.82, 2.24) is 25.0 Å². The van der Waals surface area contributed by atoms with Crippen LogP contribution in [0.2, 0.25) is 0 Å². The molecule has 1 aromatic heterocycles. The molecule has 2 fully saturated rings. The van der Waals surface area contributed by atoms with Crippen LogP contribution in [0.15, 0.2) is 0 Å².